The first-order valence-electron chi connectivity index (χ1n) is 7.68. The van der Waals surface area contributed by atoms with Crippen LogP contribution in [0.1, 0.15) is 26.7 Å². The highest BCUT2D eigenvalue weighted by atomic mass is 16.6. The zero-order valence-electron chi connectivity index (χ0n) is 14.0. The molecule has 0 saturated heterocycles. The number of benzene rings is 1. The quantitative estimate of drug-likeness (QED) is 0.334. The average molecular weight is 332 g/mol. The predicted molar refractivity (Wildman–Crippen MR) is 89.9 cm³/mol. The van der Waals surface area contributed by atoms with Crippen LogP contribution < -0.4 is 19.8 Å². The minimum absolute atomic E-state index is 0.152. The largest absolute Gasteiger partial charge is 0.496 e. The minimum Gasteiger partial charge on any atom is -0.496 e. The molecule has 0 bridgehead atoms. The molecule has 0 spiro atoms. The first kappa shape index (κ1) is 17.6. The van der Waals surface area contributed by atoms with E-state index in [4.69, 9.17) is 18.6 Å². The zero-order chi connectivity index (χ0) is 17.5. The SMILES string of the molecule is CCC=CCCOc1c(OC(C)=O)c(=O)oc2cccc(OC)c12. The van der Waals surface area contributed by atoms with Crippen LogP contribution >= 0.6 is 0 Å². The molecule has 0 aliphatic carbocycles. The standard InChI is InChI=1S/C18H20O6/c1-4-5-6-7-11-22-16-15-13(21-3)9-8-10-14(15)24-18(20)17(16)23-12(2)19/h5-6,8-10H,4,7,11H2,1-3H3. The molecular weight excluding hydrogens is 312 g/mol. The summed E-state index contributed by atoms with van der Waals surface area (Å²) in [6, 6.07) is 5.04. The van der Waals surface area contributed by atoms with E-state index >= 15 is 0 Å². The van der Waals surface area contributed by atoms with Crippen LogP contribution in [-0.2, 0) is 4.79 Å². The van der Waals surface area contributed by atoms with Gasteiger partial charge in [0.25, 0.3) is 5.75 Å². The van der Waals surface area contributed by atoms with E-state index in [0.717, 1.165) is 6.42 Å². The maximum Gasteiger partial charge on any atom is 0.383 e. The van der Waals surface area contributed by atoms with Gasteiger partial charge in [-0.05, 0) is 25.0 Å². The molecule has 2 rings (SSSR count). The topological polar surface area (TPSA) is 75.0 Å². The summed E-state index contributed by atoms with van der Waals surface area (Å²) in [5.74, 6) is -0.284. The molecule has 6 heteroatoms. The Kier molecular flexibility index (Phi) is 6.01. The molecule has 0 radical (unpaired) electrons. The van der Waals surface area contributed by atoms with Gasteiger partial charge in [-0.2, -0.15) is 0 Å². The maximum atomic E-state index is 12.1. The van der Waals surface area contributed by atoms with Crippen molar-refractivity contribution < 1.29 is 23.4 Å². The Balaban J connectivity index is 2.53. The number of rotatable bonds is 7. The highest BCUT2D eigenvalue weighted by molar-refractivity contribution is 5.92. The Labute approximate surface area is 139 Å². The van der Waals surface area contributed by atoms with E-state index in [1.54, 1.807) is 18.2 Å². The number of allylic oxidation sites excluding steroid dienone is 1. The maximum absolute atomic E-state index is 12.1. The van der Waals surface area contributed by atoms with Crippen molar-refractivity contribution in [3.8, 4) is 17.2 Å². The third-order valence-corrected chi connectivity index (χ3v) is 3.21. The Bertz CT molecular complexity index is 803. The van der Waals surface area contributed by atoms with E-state index in [1.165, 1.54) is 14.0 Å². The van der Waals surface area contributed by atoms with Gasteiger partial charge < -0.3 is 18.6 Å². The fourth-order valence-corrected chi connectivity index (χ4v) is 2.23. The van der Waals surface area contributed by atoms with Crippen molar-refractivity contribution in [2.45, 2.75) is 26.7 Å². The molecule has 1 aromatic heterocycles. The van der Waals surface area contributed by atoms with Gasteiger partial charge in [-0.1, -0.05) is 25.1 Å². The third kappa shape index (κ3) is 3.95. The number of carbonyl (C=O) groups is 1. The molecule has 0 saturated carbocycles. The molecule has 2 aromatic rings. The lowest BCUT2D eigenvalue weighted by atomic mass is 10.2. The fraction of sp³-hybridized carbons (Fsp3) is 0.333. The van der Waals surface area contributed by atoms with Gasteiger partial charge in [0, 0.05) is 6.92 Å². The van der Waals surface area contributed by atoms with Gasteiger partial charge in [-0.25, -0.2) is 4.79 Å². The lowest BCUT2D eigenvalue weighted by Crippen LogP contribution is -2.14. The minimum atomic E-state index is -0.773. The number of methoxy groups -OCH3 is 1. The summed E-state index contributed by atoms with van der Waals surface area (Å²) in [4.78, 5) is 23.5. The number of hydrogen-bond donors (Lipinski definition) is 0. The van der Waals surface area contributed by atoms with Gasteiger partial charge in [-0.3, -0.25) is 4.79 Å². The molecule has 0 N–H and O–H groups in total. The van der Waals surface area contributed by atoms with Crippen LogP contribution in [0.4, 0.5) is 0 Å². The van der Waals surface area contributed by atoms with E-state index in [-0.39, 0.29) is 11.5 Å². The summed E-state index contributed by atoms with van der Waals surface area (Å²) in [6.45, 7) is 3.57. The van der Waals surface area contributed by atoms with Crippen LogP contribution in [0.2, 0.25) is 0 Å². The van der Waals surface area contributed by atoms with E-state index < -0.39 is 11.6 Å². The number of ether oxygens (including phenoxy) is 3. The molecule has 0 unspecified atom stereocenters. The lowest BCUT2D eigenvalue weighted by molar-refractivity contribution is -0.132. The molecular formula is C18H20O6. The molecule has 0 atom stereocenters. The van der Waals surface area contributed by atoms with Gasteiger partial charge >= 0.3 is 11.6 Å². The van der Waals surface area contributed by atoms with Crippen LogP contribution in [-0.4, -0.2) is 19.7 Å². The fourth-order valence-electron chi connectivity index (χ4n) is 2.23. The number of hydrogen-bond acceptors (Lipinski definition) is 6. The molecule has 0 amide bonds. The van der Waals surface area contributed by atoms with Crippen molar-refractivity contribution in [2.75, 3.05) is 13.7 Å². The normalized spacial score (nSPS) is 11.0. The average Bonchev–Trinajstić information content (AvgIpc) is 2.56. The highest BCUT2D eigenvalue weighted by Gasteiger charge is 2.22. The highest BCUT2D eigenvalue weighted by Crippen LogP contribution is 2.38. The van der Waals surface area contributed by atoms with Gasteiger partial charge in [0.05, 0.1) is 13.7 Å². The van der Waals surface area contributed by atoms with E-state index in [1.807, 2.05) is 19.1 Å². The zero-order valence-corrected chi connectivity index (χ0v) is 14.0. The van der Waals surface area contributed by atoms with Crippen LogP contribution in [0.5, 0.6) is 17.2 Å². The van der Waals surface area contributed by atoms with Crippen molar-refractivity contribution in [1.82, 2.24) is 0 Å². The molecule has 24 heavy (non-hydrogen) atoms. The van der Waals surface area contributed by atoms with E-state index in [2.05, 4.69) is 0 Å². The summed E-state index contributed by atoms with van der Waals surface area (Å²) in [7, 11) is 1.50. The van der Waals surface area contributed by atoms with Gasteiger partial charge in [0.1, 0.15) is 16.7 Å². The Morgan fingerprint density at radius 1 is 1.25 bits per heavy atom. The summed E-state index contributed by atoms with van der Waals surface area (Å²) >= 11 is 0. The van der Waals surface area contributed by atoms with Crippen LogP contribution in [0, 0.1) is 0 Å². The lowest BCUT2D eigenvalue weighted by Gasteiger charge is -2.13. The summed E-state index contributed by atoms with van der Waals surface area (Å²) < 4.78 is 21.3. The smallest absolute Gasteiger partial charge is 0.383 e. The molecule has 0 aliphatic rings. The monoisotopic (exact) mass is 332 g/mol. The Morgan fingerprint density at radius 3 is 2.71 bits per heavy atom. The molecule has 1 heterocycles. The second kappa shape index (κ2) is 8.19. The van der Waals surface area contributed by atoms with Gasteiger partial charge in [0.2, 0.25) is 0 Å². The first-order valence-corrected chi connectivity index (χ1v) is 7.68. The second-order valence-electron chi connectivity index (χ2n) is 4.99. The molecule has 128 valence electrons. The summed E-state index contributed by atoms with van der Waals surface area (Å²) in [6.07, 6.45) is 5.60. The van der Waals surface area contributed by atoms with Crippen LogP contribution in [0.15, 0.2) is 39.6 Å². The van der Waals surface area contributed by atoms with Gasteiger partial charge in [0.15, 0.2) is 5.75 Å². The molecule has 0 aliphatic heterocycles. The van der Waals surface area contributed by atoms with E-state index in [0.29, 0.717) is 29.7 Å². The Morgan fingerprint density at radius 2 is 2.04 bits per heavy atom. The Hall–Kier alpha value is -2.76. The second-order valence-corrected chi connectivity index (χ2v) is 4.99. The van der Waals surface area contributed by atoms with Crippen molar-refractivity contribution >= 4 is 16.9 Å². The summed E-state index contributed by atoms with van der Waals surface area (Å²) in [5, 5.41) is 0.454. The van der Waals surface area contributed by atoms with Gasteiger partial charge in [-0.15, -0.1) is 0 Å². The predicted octanol–water partition coefficient (Wildman–Crippen LogP) is 3.46. The van der Waals surface area contributed by atoms with Crippen molar-refractivity contribution in [3.05, 3.63) is 40.8 Å². The number of esters is 1. The van der Waals surface area contributed by atoms with Crippen molar-refractivity contribution in [2.24, 2.45) is 0 Å². The first-order chi connectivity index (χ1) is 11.6. The van der Waals surface area contributed by atoms with Crippen LogP contribution in [0.3, 0.4) is 0 Å². The van der Waals surface area contributed by atoms with Crippen LogP contribution in [0.25, 0.3) is 11.0 Å². The number of carbonyl (C=O) groups excluding carboxylic acids is 1. The van der Waals surface area contributed by atoms with Crippen molar-refractivity contribution in [3.63, 3.8) is 0 Å². The van der Waals surface area contributed by atoms with E-state index in [9.17, 15) is 9.59 Å². The third-order valence-electron chi connectivity index (χ3n) is 3.21. The van der Waals surface area contributed by atoms with Crippen molar-refractivity contribution in [1.29, 1.82) is 0 Å². The molecule has 1 aromatic carbocycles. The number of fused-ring (bicyclic) bond motifs is 1. The molecule has 0 fully saturated rings. The molecule has 6 nitrogen and oxygen atoms in total. The summed E-state index contributed by atoms with van der Waals surface area (Å²) in [5.41, 5.74) is -0.473.